The molecule has 86 valence electrons. The lowest BCUT2D eigenvalue weighted by Crippen LogP contribution is -2.13. The molecular weight excluding hydrogens is 206 g/mol. The first kappa shape index (κ1) is 12.2. The molecule has 0 atom stereocenters. The summed E-state index contributed by atoms with van der Waals surface area (Å²) in [4.78, 5) is 11.0. The lowest BCUT2D eigenvalue weighted by molar-refractivity contribution is -0.142. The fraction of sp³-hybridized carbons (Fsp3) is 0.333. The third-order valence-electron chi connectivity index (χ3n) is 1.77. The quantitative estimate of drug-likeness (QED) is 0.454. The average molecular weight is 221 g/mol. The number of rotatable bonds is 6. The van der Waals surface area contributed by atoms with E-state index >= 15 is 0 Å². The molecule has 0 aliphatic heterocycles. The van der Waals surface area contributed by atoms with Crippen LogP contribution < -0.4 is 4.74 Å². The van der Waals surface area contributed by atoms with Gasteiger partial charge in [0.1, 0.15) is 19.0 Å². The second-order valence-corrected chi connectivity index (χ2v) is 3.34. The fourth-order valence-corrected chi connectivity index (χ4v) is 1.10. The van der Waals surface area contributed by atoms with Gasteiger partial charge in [-0.25, -0.2) is 0 Å². The van der Waals surface area contributed by atoms with Gasteiger partial charge in [-0.3, -0.25) is 4.79 Å². The monoisotopic (exact) mass is 221 g/mol. The standard InChI is InChI=1S/C12H15NO3/c1-10(13)9-12(14)16-8-7-15-11-5-3-2-4-6-11/h2-6,13H,7-9H2,1H3. The maximum Gasteiger partial charge on any atom is 0.311 e. The molecule has 16 heavy (non-hydrogen) atoms. The summed E-state index contributed by atoms with van der Waals surface area (Å²) in [5, 5.41) is 7.11. The molecule has 4 heteroatoms. The zero-order valence-corrected chi connectivity index (χ0v) is 9.23. The van der Waals surface area contributed by atoms with Crippen LogP contribution in [0.3, 0.4) is 0 Å². The normalized spacial score (nSPS) is 9.56. The van der Waals surface area contributed by atoms with Crippen molar-refractivity contribution in [2.24, 2.45) is 0 Å². The van der Waals surface area contributed by atoms with Crippen LogP contribution in [0.15, 0.2) is 30.3 Å². The Labute approximate surface area is 94.7 Å². The van der Waals surface area contributed by atoms with Gasteiger partial charge in [-0.2, -0.15) is 0 Å². The van der Waals surface area contributed by atoms with Crippen LogP contribution in [0.5, 0.6) is 5.75 Å². The van der Waals surface area contributed by atoms with Crippen molar-refractivity contribution in [1.29, 1.82) is 5.41 Å². The Balaban J connectivity index is 2.13. The minimum absolute atomic E-state index is 0.0470. The number of esters is 1. The van der Waals surface area contributed by atoms with Crippen molar-refractivity contribution in [1.82, 2.24) is 0 Å². The molecule has 0 spiro atoms. The van der Waals surface area contributed by atoms with Crippen LogP contribution in [0, 0.1) is 5.41 Å². The first-order valence-electron chi connectivity index (χ1n) is 5.06. The predicted molar refractivity (Wildman–Crippen MR) is 60.9 cm³/mol. The number of hydrogen-bond donors (Lipinski definition) is 1. The number of ether oxygens (including phenoxy) is 2. The van der Waals surface area contributed by atoms with Crippen molar-refractivity contribution < 1.29 is 14.3 Å². The average Bonchev–Trinajstić information content (AvgIpc) is 2.25. The number of carbonyl (C=O) groups excluding carboxylic acids is 1. The molecule has 0 amide bonds. The van der Waals surface area contributed by atoms with E-state index in [9.17, 15) is 4.79 Å². The highest BCUT2D eigenvalue weighted by Gasteiger charge is 2.03. The zero-order valence-electron chi connectivity index (χ0n) is 9.23. The minimum Gasteiger partial charge on any atom is -0.490 e. The molecule has 0 unspecified atom stereocenters. The van der Waals surface area contributed by atoms with E-state index in [0.29, 0.717) is 12.3 Å². The van der Waals surface area contributed by atoms with Gasteiger partial charge < -0.3 is 14.9 Å². The maximum atomic E-state index is 11.0. The molecule has 1 aromatic carbocycles. The summed E-state index contributed by atoms with van der Waals surface area (Å²) in [5.41, 5.74) is 0.300. The Morgan fingerprint density at radius 1 is 1.25 bits per heavy atom. The van der Waals surface area contributed by atoms with Crippen LogP contribution >= 0.6 is 0 Å². The third kappa shape index (κ3) is 5.14. The Bertz CT molecular complexity index is 349. The van der Waals surface area contributed by atoms with E-state index in [-0.39, 0.29) is 19.0 Å². The Morgan fingerprint density at radius 3 is 2.56 bits per heavy atom. The SMILES string of the molecule is CC(=N)CC(=O)OCCOc1ccccc1. The summed E-state index contributed by atoms with van der Waals surface area (Å²) in [7, 11) is 0. The highest BCUT2D eigenvalue weighted by Crippen LogP contribution is 2.07. The predicted octanol–water partition coefficient (Wildman–Crippen LogP) is 2.04. The van der Waals surface area contributed by atoms with Gasteiger partial charge in [-0.1, -0.05) is 18.2 Å². The topological polar surface area (TPSA) is 59.4 Å². The van der Waals surface area contributed by atoms with Gasteiger partial charge in [0.2, 0.25) is 0 Å². The Morgan fingerprint density at radius 2 is 1.94 bits per heavy atom. The lowest BCUT2D eigenvalue weighted by atomic mass is 10.3. The van der Waals surface area contributed by atoms with Crippen molar-refractivity contribution in [3.8, 4) is 5.75 Å². The lowest BCUT2D eigenvalue weighted by Gasteiger charge is -2.06. The second-order valence-electron chi connectivity index (χ2n) is 3.34. The molecule has 1 N–H and O–H groups in total. The van der Waals surface area contributed by atoms with E-state index in [4.69, 9.17) is 14.9 Å². The van der Waals surface area contributed by atoms with Gasteiger partial charge >= 0.3 is 5.97 Å². The summed E-state index contributed by atoms with van der Waals surface area (Å²) in [6, 6.07) is 9.33. The van der Waals surface area contributed by atoms with Crippen LogP contribution in [0.2, 0.25) is 0 Å². The van der Waals surface area contributed by atoms with E-state index in [2.05, 4.69) is 0 Å². The van der Waals surface area contributed by atoms with E-state index in [1.54, 1.807) is 6.92 Å². The number of nitrogens with one attached hydrogen (secondary N) is 1. The Kier molecular flexibility index (Phi) is 5.05. The van der Waals surface area contributed by atoms with Crippen LogP contribution in [-0.2, 0) is 9.53 Å². The van der Waals surface area contributed by atoms with Gasteiger partial charge in [0.25, 0.3) is 0 Å². The number of hydrogen-bond acceptors (Lipinski definition) is 4. The van der Waals surface area contributed by atoms with Gasteiger partial charge in [-0.15, -0.1) is 0 Å². The molecule has 0 aromatic heterocycles. The third-order valence-corrected chi connectivity index (χ3v) is 1.77. The first-order chi connectivity index (χ1) is 7.68. The molecule has 0 aliphatic rings. The number of para-hydroxylation sites is 1. The number of carbonyl (C=O) groups is 1. The van der Waals surface area contributed by atoms with Crippen molar-refractivity contribution in [3.63, 3.8) is 0 Å². The van der Waals surface area contributed by atoms with Gasteiger partial charge in [0, 0.05) is 5.71 Å². The first-order valence-corrected chi connectivity index (χ1v) is 5.06. The largest absolute Gasteiger partial charge is 0.490 e. The van der Waals surface area contributed by atoms with Crippen molar-refractivity contribution >= 4 is 11.7 Å². The fourth-order valence-electron chi connectivity index (χ4n) is 1.10. The summed E-state index contributed by atoms with van der Waals surface area (Å²) < 4.78 is 10.2. The van der Waals surface area contributed by atoms with E-state index < -0.39 is 0 Å². The van der Waals surface area contributed by atoms with Gasteiger partial charge in [0.05, 0.1) is 6.42 Å². The molecule has 0 fully saturated rings. The molecule has 0 heterocycles. The van der Waals surface area contributed by atoms with Crippen LogP contribution in [-0.4, -0.2) is 24.9 Å². The van der Waals surface area contributed by atoms with E-state index in [1.165, 1.54) is 0 Å². The second kappa shape index (κ2) is 6.61. The molecule has 4 nitrogen and oxygen atoms in total. The highest BCUT2D eigenvalue weighted by molar-refractivity contribution is 5.95. The Hall–Kier alpha value is -1.84. The summed E-state index contributed by atoms with van der Waals surface area (Å²) in [6.45, 7) is 2.11. The summed E-state index contributed by atoms with van der Waals surface area (Å²) in [6.07, 6.45) is 0.0470. The van der Waals surface area contributed by atoms with E-state index in [0.717, 1.165) is 5.75 Å². The van der Waals surface area contributed by atoms with Crippen molar-refractivity contribution in [3.05, 3.63) is 30.3 Å². The summed E-state index contributed by atoms with van der Waals surface area (Å²) >= 11 is 0. The molecular formula is C12H15NO3. The van der Waals surface area contributed by atoms with Crippen LogP contribution in [0.4, 0.5) is 0 Å². The zero-order chi connectivity index (χ0) is 11.8. The van der Waals surface area contributed by atoms with E-state index in [1.807, 2.05) is 30.3 Å². The molecule has 0 radical (unpaired) electrons. The molecule has 0 saturated carbocycles. The van der Waals surface area contributed by atoms with Gasteiger partial charge in [-0.05, 0) is 19.1 Å². The van der Waals surface area contributed by atoms with Crippen LogP contribution in [0.1, 0.15) is 13.3 Å². The molecule has 1 rings (SSSR count). The number of benzene rings is 1. The summed E-state index contributed by atoms with van der Waals surface area (Å²) in [5.74, 6) is 0.367. The molecule has 0 bridgehead atoms. The van der Waals surface area contributed by atoms with Crippen molar-refractivity contribution in [2.75, 3.05) is 13.2 Å². The molecule has 0 aliphatic carbocycles. The van der Waals surface area contributed by atoms with Crippen molar-refractivity contribution in [2.45, 2.75) is 13.3 Å². The molecule has 0 saturated heterocycles. The highest BCUT2D eigenvalue weighted by atomic mass is 16.6. The maximum absolute atomic E-state index is 11.0. The smallest absolute Gasteiger partial charge is 0.311 e. The minimum atomic E-state index is -0.385. The van der Waals surface area contributed by atoms with Crippen LogP contribution in [0.25, 0.3) is 0 Å². The molecule has 1 aromatic rings. The van der Waals surface area contributed by atoms with Gasteiger partial charge in [0.15, 0.2) is 0 Å².